The van der Waals surface area contributed by atoms with E-state index < -0.39 is 23.4 Å². The maximum absolute atomic E-state index is 13.8. The van der Waals surface area contributed by atoms with E-state index in [2.05, 4.69) is 20.0 Å². The average molecular weight is 449 g/mol. The maximum Gasteiger partial charge on any atom is 0.471 e. The third-order valence-electron chi connectivity index (χ3n) is 5.53. The summed E-state index contributed by atoms with van der Waals surface area (Å²) in [4.78, 5) is 16.2. The number of halogens is 4. The van der Waals surface area contributed by atoms with Crippen molar-refractivity contribution >= 4 is 5.91 Å². The zero-order chi connectivity index (χ0) is 22.8. The molecule has 1 amide bonds. The fourth-order valence-corrected chi connectivity index (χ4v) is 3.75. The molecule has 1 aliphatic heterocycles. The number of benzene rings is 2. The van der Waals surface area contributed by atoms with E-state index in [0.717, 1.165) is 5.56 Å². The van der Waals surface area contributed by atoms with Crippen molar-refractivity contribution in [1.29, 1.82) is 0 Å². The lowest BCUT2D eigenvalue weighted by Crippen LogP contribution is -2.44. The second kappa shape index (κ2) is 8.70. The Kier molecular flexibility index (Phi) is 5.96. The second-order valence-electron chi connectivity index (χ2n) is 7.59. The minimum absolute atomic E-state index is 0.211. The summed E-state index contributed by atoms with van der Waals surface area (Å²) in [5.74, 6) is -2.51. The van der Waals surface area contributed by atoms with Crippen molar-refractivity contribution in [3.05, 3.63) is 71.4 Å². The van der Waals surface area contributed by atoms with Gasteiger partial charge < -0.3 is 14.6 Å². The highest BCUT2D eigenvalue weighted by molar-refractivity contribution is 5.95. The highest BCUT2D eigenvalue weighted by Gasteiger charge is 2.38. The molecule has 1 N–H and O–H groups in total. The fourth-order valence-electron chi connectivity index (χ4n) is 3.75. The van der Waals surface area contributed by atoms with Gasteiger partial charge in [-0.1, -0.05) is 29.4 Å². The van der Waals surface area contributed by atoms with E-state index in [1.807, 2.05) is 6.07 Å². The Morgan fingerprint density at radius 2 is 1.84 bits per heavy atom. The molecule has 1 fully saturated rings. The lowest BCUT2D eigenvalue weighted by molar-refractivity contribution is -0.159. The highest BCUT2D eigenvalue weighted by Crippen LogP contribution is 2.35. The molecular weight excluding hydrogens is 430 g/mol. The Balaban J connectivity index is 1.52. The number of nitrogens with one attached hydrogen (secondary N) is 1. The van der Waals surface area contributed by atoms with Crippen LogP contribution in [0.15, 0.2) is 53.1 Å². The van der Waals surface area contributed by atoms with E-state index in [9.17, 15) is 22.4 Å². The number of amides is 1. The van der Waals surface area contributed by atoms with Crippen molar-refractivity contribution in [2.75, 3.05) is 19.8 Å². The molecule has 0 bridgehead atoms. The molecule has 0 saturated carbocycles. The van der Waals surface area contributed by atoms with Gasteiger partial charge in [-0.3, -0.25) is 4.79 Å². The summed E-state index contributed by atoms with van der Waals surface area (Å²) in [6.07, 6.45) is -3.53. The second-order valence-corrected chi connectivity index (χ2v) is 7.59. The lowest BCUT2D eigenvalue weighted by Gasteiger charge is -2.38. The predicted molar refractivity (Wildman–Crippen MR) is 105 cm³/mol. The Morgan fingerprint density at radius 3 is 2.53 bits per heavy atom. The summed E-state index contributed by atoms with van der Waals surface area (Å²) in [6, 6.07) is 12.2. The number of carbonyl (C=O) groups excluding carboxylic acids is 1. The van der Waals surface area contributed by atoms with Crippen LogP contribution in [0.5, 0.6) is 0 Å². The Morgan fingerprint density at radius 1 is 1.09 bits per heavy atom. The number of aromatic nitrogens is 2. The monoisotopic (exact) mass is 449 g/mol. The van der Waals surface area contributed by atoms with E-state index in [-0.39, 0.29) is 29.3 Å². The maximum atomic E-state index is 13.8. The van der Waals surface area contributed by atoms with Crippen LogP contribution in [0, 0.1) is 5.82 Å². The standard InChI is InChI=1S/C22H19F4N3O3/c23-17-6-2-5-16(12-17)21(7-9-31-10-8-21)13-27-19(30)15-4-1-3-14(11-15)18-28-20(32-29-18)22(24,25)26/h1-6,11-12H,7-10,13H2,(H,27,30). The smallest absolute Gasteiger partial charge is 0.381 e. The third kappa shape index (κ3) is 4.64. The summed E-state index contributed by atoms with van der Waals surface area (Å²) in [5.41, 5.74) is 0.731. The molecule has 32 heavy (non-hydrogen) atoms. The quantitative estimate of drug-likeness (QED) is 0.586. The first kappa shape index (κ1) is 21.9. The first-order chi connectivity index (χ1) is 15.3. The van der Waals surface area contributed by atoms with Gasteiger partial charge in [0.05, 0.1) is 0 Å². The van der Waals surface area contributed by atoms with Gasteiger partial charge >= 0.3 is 12.1 Å². The third-order valence-corrected chi connectivity index (χ3v) is 5.53. The molecule has 2 aromatic carbocycles. The van der Waals surface area contributed by atoms with Crippen LogP contribution in [0.2, 0.25) is 0 Å². The van der Waals surface area contributed by atoms with Crippen molar-refractivity contribution in [3.8, 4) is 11.4 Å². The van der Waals surface area contributed by atoms with Gasteiger partial charge in [0.15, 0.2) is 0 Å². The number of hydrogen-bond acceptors (Lipinski definition) is 5. The van der Waals surface area contributed by atoms with Crippen LogP contribution in [0.4, 0.5) is 17.6 Å². The average Bonchev–Trinajstić information content (AvgIpc) is 3.29. The van der Waals surface area contributed by atoms with Crippen molar-refractivity contribution in [3.63, 3.8) is 0 Å². The van der Waals surface area contributed by atoms with Gasteiger partial charge in [-0.2, -0.15) is 18.2 Å². The Hall–Kier alpha value is -3.27. The first-order valence-corrected chi connectivity index (χ1v) is 9.90. The number of carbonyl (C=O) groups is 1. The van der Waals surface area contributed by atoms with Crippen molar-refractivity contribution in [2.24, 2.45) is 0 Å². The van der Waals surface area contributed by atoms with Crippen LogP contribution in [0.1, 0.15) is 34.7 Å². The van der Waals surface area contributed by atoms with E-state index in [4.69, 9.17) is 4.74 Å². The van der Waals surface area contributed by atoms with Crippen molar-refractivity contribution in [1.82, 2.24) is 15.5 Å². The van der Waals surface area contributed by atoms with Crippen LogP contribution in [-0.4, -0.2) is 35.8 Å². The van der Waals surface area contributed by atoms with E-state index in [1.165, 1.54) is 36.4 Å². The number of rotatable bonds is 5. The van der Waals surface area contributed by atoms with Gasteiger partial charge in [0.2, 0.25) is 5.82 Å². The molecule has 1 aliphatic rings. The number of alkyl halides is 3. The van der Waals surface area contributed by atoms with Crippen LogP contribution in [0.3, 0.4) is 0 Å². The molecule has 168 valence electrons. The number of nitrogens with zero attached hydrogens (tertiary/aromatic N) is 2. The van der Waals surface area contributed by atoms with E-state index in [1.54, 1.807) is 6.07 Å². The SMILES string of the molecule is O=C(NCC1(c2cccc(F)c2)CCOCC1)c1cccc(-c2noc(C(F)(F)F)n2)c1. The van der Waals surface area contributed by atoms with Gasteiger partial charge in [-0.15, -0.1) is 0 Å². The Bertz CT molecular complexity index is 1110. The summed E-state index contributed by atoms with van der Waals surface area (Å²) >= 11 is 0. The number of hydrogen-bond donors (Lipinski definition) is 1. The van der Waals surface area contributed by atoms with Crippen LogP contribution in [0.25, 0.3) is 11.4 Å². The minimum atomic E-state index is -4.75. The van der Waals surface area contributed by atoms with Gasteiger partial charge in [0, 0.05) is 36.3 Å². The zero-order valence-electron chi connectivity index (χ0n) is 16.8. The highest BCUT2D eigenvalue weighted by atomic mass is 19.4. The summed E-state index contributed by atoms with van der Waals surface area (Å²) < 4.78 is 61.7. The van der Waals surface area contributed by atoms with Gasteiger partial charge in [-0.05, 0) is 42.7 Å². The minimum Gasteiger partial charge on any atom is -0.381 e. The number of ether oxygens (including phenoxy) is 1. The van der Waals surface area contributed by atoms with Gasteiger partial charge in [0.1, 0.15) is 5.82 Å². The molecule has 1 aromatic heterocycles. The molecule has 10 heteroatoms. The molecule has 3 aromatic rings. The molecule has 0 aliphatic carbocycles. The van der Waals surface area contributed by atoms with Crippen molar-refractivity contribution in [2.45, 2.75) is 24.4 Å². The molecule has 0 radical (unpaired) electrons. The van der Waals surface area contributed by atoms with Crippen LogP contribution < -0.4 is 5.32 Å². The van der Waals surface area contributed by atoms with Crippen LogP contribution in [-0.2, 0) is 16.3 Å². The Labute approximate surface area is 180 Å². The van der Waals surface area contributed by atoms with E-state index >= 15 is 0 Å². The molecule has 2 heterocycles. The van der Waals surface area contributed by atoms with Gasteiger partial charge in [-0.25, -0.2) is 4.39 Å². The van der Waals surface area contributed by atoms with Gasteiger partial charge in [0.25, 0.3) is 5.91 Å². The summed E-state index contributed by atoms with van der Waals surface area (Å²) in [7, 11) is 0. The normalized spacial score (nSPS) is 16.0. The summed E-state index contributed by atoms with van der Waals surface area (Å²) in [6.45, 7) is 1.23. The fraction of sp³-hybridized carbons (Fsp3) is 0.318. The van der Waals surface area contributed by atoms with E-state index in [0.29, 0.717) is 26.1 Å². The zero-order valence-corrected chi connectivity index (χ0v) is 16.8. The van der Waals surface area contributed by atoms with Crippen LogP contribution >= 0.6 is 0 Å². The first-order valence-electron chi connectivity index (χ1n) is 9.90. The topological polar surface area (TPSA) is 77.2 Å². The molecule has 0 unspecified atom stereocenters. The lowest BCUT2D eigenvalue weighted by atomic mass is 9.74. The van der Waals surface area contributed by atoms with Crippen molar-refractivity contribution < 1.29 is 31.6 Å². The molecule has 0 spiro atoms. The summed E-state index contributed by atoms with van der Waals surface area (Å²) in [5, 5.41) is 6.22. The molecule has 1 saturated heterocycles. The predicted octanol–water partition coefficient (Wildman–Crippen LogP) is 4.37. The molecule has 0 atom stereocenters. The molecular formula is C22H19F4N3O3. The molecule has 6 nitrogen and oxygen atoms in total. The molecule has 4 rings (SSSR count). The largest absolute Gasteiger partial charge is 0.471 e.